The number of likely N-dealkylation sites (tertiary alicyclic amines) is 1. The van der Waals surface area contributed by atoms with Crippen LogP contribution in [0, 0.1) is 5.92 Å². The normalized spacial score (nSPS) is 21.7. The molecule has 0 aliphatic carbocycles. The number of ether oxygens (including phenoxy) is 1. The third kappa shape index (κ3) is 4.37. The molecule has 2 fully saturated rings. The van der Waals surface area contributed by atoms with Crippen LogP contribution in [0.5, 0.6) is 5.75 Å². The largest absolute Gasteiger partial charge is 0.497 e. The Bertz CT molecular complexity index is 451. The van der Waals surface area contributed by atoms with Crippen molar-refractivity contribution in [3.63, 3.8) is 0 Å². The molecular weight excluding hydrogens is 274 g/mol. The Balaban J connectivity index is 1.43. The van der Waals surface area contributed by atoms with Crippen molar-refractivity contribution in [3.8, 4) is 5.75 Å². The molecule has 2 aliphatic rings. The summed E-state index contributed by atoms with van der Waals surface area (Å²) < 4.78 is 5.29. The molecule has 0 atom stereocenters. The number of anilines is 1. The van der Waals surface area contributed by atoms with Crippen molar-refractivity contribution in [2.45, 2.75) is 31.7 Å². The lowest BCUT2D eigenvalue weighted by molar-refractivity contribution is 0.171. The van der Waals surface area contributed by atoms with Crippen molar-refractivity contribution in [1.29, 1.82) is 0 Å². The van der Waals surface area contributed by atoms with Crippen LogP contribution < -0.4 is 15.4 Å². The van der Waals surface area contributed by atoms with Gasteiger partial charge in [-0.2, -0.15) is 0 Å². The van der Waals surface area contributed by atoms with Crippen molar-refractivity contribution in [2.24, 2.45) is 5.92 Å². The predicted molar refractivity (Wildman–Crippen MR) is 91.7 cm³/mol. The summed E-state index contributed by atoms with van der Waals surface area (Å²) in [6, 6.07) is 8.85. The minimum atomic E-state index is 0.594. The lowest BCUT2D eigenvalue weighted by Gasteiger charge is -2.36. The zero-order valence-electron chi connectivity index (χ0n) is 13.7. The summed E-state index contributed by atoms with van der Waals surface area (Å²) in [7, 11) is 1.72. The van der Waals surface area contributed by atoms with Gasteiger partial charge in [0.2, 0.25) is 0 Å². The zero-order chi connectivity index (χ0) is 15.2. The van der Waals surface area contributed by atoms with Gasteiger partial charge in [0.05, 0.1) is 7.11 Å². The molecule has 2 saturated heterocycles. The molecule has 0 saturated carbocycles. The van der Waals surface area contributed by atoms with Crippen LogP contribution in [0.2, 0.25) is 0 Å². The second kappa shape index (κ2) is 7.84. The molecule has 3 rings (SSSR count). The summed E-state index contributed by atoms with van der Waals surface area (Å²) in [5.74, 6) is 1.83. The molecular formula is C18H29N3O. The zero-order valence-corrected chi connectivity index (χ0v) is 13.7. The summed E-state index contributed by atoms with van der Waals surface area (Å²) in [6.45, 7) is 6.17. The molecule has 4 nitrogen and oxygen atoms in total. The van der Waals surface area contributed by atoms with Gasteiger partial charge in [0.15, 0.2) is 0 Å². The molecule has 2 aliphatic heterocycles. The van der Waals surface area contributed by atoms with Gasteiger partial charge < -0.3 is 20.3 Å². The summed E-state index contributed by atoms with van der Waals surface area (Å²) >= 11 is 0. The standard InChI is InChI=1S/C18H29N3O/c1-22-18-4-2-3-17(13-18)20-16-7-11-21(12-8-16)14-15-5-9-19-10-6-15/h2-4,13,15-16,19-20H,5-12,14H2,1H3. The minimum absolute atomic E-state index is 0.594. The molecule has 1 aromatic carbocycles. The van der Waals surface area contributed by atoms with E-state index in [4.69, 9.17) is 4.74 Å². The van der Waals surface area contributed by atoms with E-state index in [1.165, 1.54) is 64.1 Å². The highest BCUT2D eigenvalue weighted by Gasteiger charge is 2.22. The Morgan fingerprint density at radius 2 is 1.95 bits per heavy atom. The van der Waals surface area contributed by atoms with E-state index in [1.54, 1.807) is 7.11 Å². The van der Waals surface area contributed by atoms with Crippen molar-refractivity contribution in [2.75, 3.05) is 45.2 Å². The fourth-order valence-corrected chi connectivity index (χ4v) is 3.64. The van der Waals surface area contributed by atoms with Gasteiger partial charge in [0.25, 0.3) is 0 Å². The van der Waals surface area contributed by atoms with Gasteiger partial charge in [-0.15, -0.1) is 0 Å². The van der Waals surface area contributed by atoms with Crippen LogP contribution in [0.1, 0.15) is 25.7 Å². The van der Waals surface area contributed by atoms with Gasteiger partial charge in [-0.25, -0.2) is 0 Å². The second-order valence-corrected chi connectivity index (χ2v) is 6.64. The Labute approximate surface area is 134 Å². The number of hydrogen-bond acceptors (Lipinski definition) is 4. The molecule has 22 heavy (non-hydrogen) atoms. The van der Waals surface area contributed by atoms with Gasteiger partial charge in [-0.3, -0.25) is 0 Å². The number of piperidine rings is 2. The quantitative estimate of drug-likeness (QED) is 0.876. The monoisotopic (exact) mass is 303 g/mol. The Morgan fingerprint density at radius 1 is 1.18 bits per heavy atom. The lowest BCUT2D eigenvalue weighted by atomic mass is 9.96. The fourth-order valence-electron chi connectivity index (χ4n) is 3.64. The average molecular weight is 303 g/mol. The number of rotatable bonds is 5. The van der Waals surface area contributed by atoms with Crippen LogP contribution in [0.25, 0.3) is 0 Å². The van der Waals surface area contributed by atoms with Gasteiger partial charge in [-0.1, -0.05) is 6.07 Å². The number of nitrogens with one attached hydrogen (secondary N) is 2. The Kier molecular flexibility index (Phi) is 5.57. The molecule has 4 heteroatoms. The third-order valence-electron chi connectivity index (χ3n) is 5.00. The molecule has 2 heterocycles. The first-order valence-corrected chi connectivity index (χ1v) is 8.67. The first kappa shape index (κ1) is 15.6. The van der Waals surface area contributed by atoms with Crippen LogP contribution in [0.4, 0.5) is 5.69 Å². The average Bonchev–Trinajstić information content (AvgIpc) is 2.58. The number of methoxy groups -OCH3 is 1. The molecule has 0 bridgehead atoms. The van der Waals surface area contributed by atoms with Crippen LogP contribution in [-0.4, -0.2) is 50.8 Å². The molecule has 0 radical (unpaired) electrons. The Morgan fingerprint density at radius 3 is 2.68 bits per heavy atom. The predicted octanol–water partition coefficient (Wildman–Crippen LogP) is 2.57. The van der Waals surface area contributed by atoms with E-state index in [-0.39, 0.29) is 0 Å². The smallest absolute Gasteiger partial charge is 0.120 e. The maximum atomic E-state index is 5.29. The van der Waals surface area contributed by atoms with Crippen LogP contribution in [0.15, 0.2) is 24.3 Å². The molecule has 1 aromatic rings. The SMILES string of the molecule is COc1cccc(NC2CCN(CC3CCNCC3)CC2)c1. The van der Waals surface area contributed by atoms with Gasteiger partial charge in [0, 0.05) is 37.4 Å². The molecule has 2 N–H and O–H groups in total. The van der Waals surface area contributed by atoms with E-state index in [2.05, 4.69) is 27.7 Å². The first-order valence-electron chi connectivity index (χ1n) is 8.67. The second-order valence-electron chi connectivity index (χ2n) is 6.64. The van der Waals surface area contributed by atoms with Gasteiger partial charge >= 0.3 is 0 Å². The molecule has 0 aromatic heterocycles. The van der Waals surface area contributed by atoms with E-state index < -0.39 is 0 Å². The van der Waals surface area contributed by atoms with Gasteiger partial charge in [-0.05, 0) is 56.8 Å². The molecule has 0 amide bonds. The lowest BCUT2D eigenvalue weighted by Crippen LogP contribution is -2.43. The van der Waals surface area contributed by atoms with Crippen LogP contribution >= 0.6 is 0 Å². The summed E-state index contributed by atoms with van der Waals surface area (Å²) in [4.78, 5) is 2.67. The van der Waals surface area contributed by atoms with Crippen molar-refractivity contribution < 1.29 is 4.74 Å². The summed E-state index contributed by atoms with van der Waals surface area (Å²) in [5.41, 5.74) is 1.18. The summed E-state index contributed by atoms with van der Waals surface area (Å²) in [6.07, 6.45) is 5.17. The first-order chi connectivity index (χ1) is 10.8. The minimum Gasteiger partial charge on any atom is -0.497 e. The molecule has 122 valence electrons. The van der Waals surface area contributed by atoms with Crippen LogP contribution in [-0.2, 0) is 0 Å². The van der Waals surface area contributed by atoms with Crippen molar-refractivity contribution in [1.82, 2.24) is 10.2 Å². The third-order valence-corrected chi connectivity index (χ3v) is 5.00. The number of hydrogen-bond donors (Lipinski definition) is 2. The van der Waals surface area contributed by atoms with E-state index >= 15 is 0 Å². The summed E-state index contributed by atoms with van der Waals surface area (Å²) in [5, 5.41) is 7.12. The Hall–Kier alpha value is -1.26. The molecule has 0 unspecified atom stereocenters. The van der Waals surface area contributed by atoms with Crippen LogP contribution in [0.3, 0.4) is 0 Å². The van der Waals surface area contributed by atoms with E-state index in [9.17, 15) is 0 Å². The van der Waals surface area contributed by atoms with Crippen molar-refractivity contribution >= 4 is 5.69 Å². The maximum Gasteiger partial charge on any atom is 0.120 e. The highest BCUT2D eigenvalue weighted by Crippen LogP contribution is 2.22. The van der Waals surface area contributed by atoms with E-state index in [0.29, 0.717) is 6.04 Å². The van der Waals surface area contributed by atoms with E-state index in [1.807, 2.05) is 12.1 Å². The molecule has 0 spiro atoms. The fraction of sp³-hybridized carbons (Fsp3) is 0.667. The topological polar surface area (TPSA) is 36.5 Å². The number of benzene rings is 1. The van der Waals surface area contributed by atoms with Gasteiger partial charge in [0.1, 0.15) is 5.75 Å². The maximum absolute atomic E-state index is 5.29. The number of nitrogens with zero attached hydrogens (tertiary/aromatic N) is 1. The van der Waals surface area contributed by atoms with Crippen molar-refractivity contribution in [3.05, 3.63) is 24.3 Å². The highest BCUT2D eigenvalue weighted by atomic mass is 16.5. The highest BCUT2D eigenvalue weighted by molar-refractivity contribution is 5.48. The van der Waals surface area contributed by atoms with E-state index in [0.717, 1.165) is 11.7 Å².